The summed E-state index contributed by atoms with van der Waals surface area (Å²) in [6.45, 7) is 5.98. The lowest BCUT2D eigenvalue weighted by molar-refractivity contribution is -0.0660. The number of nitrogens with one attached hydrogen (secondary N) is 1. The van der Waals surface area contributed by atoms with E-state index in [0.29, 0.717) is 23.4 Å². The van der Waals surface area contributed by atoms with Crippen LogP contribution in [0.1, 0.15) is 5.56 Å². The van der Waals surface area contributed by atoms with E-state index >= 15 is 0 Å². The van der Waals surface area contributed by atoms with Crippen LogP contribution in [0, 0.1) is 11.3 Å². The highest BCUT2D eigenvalue weighted by Crippen LogP contribution is 2.23. The molecule has 2 aromatic carbocycles. The molecule has 8 heteroatoms. The number of rotatable bonds is 5. The van der Waals surface area contributed by atoms with E-state index in [-0.39, 0.29) is 0 Å². The lowest BCUT2D eigenvalue weighted by Crippen LogP contribution is -2.56. The fourth-order valence-electron chi connectivity index (χ4n) is 3.85. The van der Waals surface area contributed by atoms with Gasteiger partial charge in [-0.1, -0.05) is 0 Å². The van der Waals surface area contributed by atoms with Crippen LogP contribution in [-0.4, -0.2) is 65.3 Å². The second kappa shape index (κ2) is 8.68. The Balaban J connectivity index is 1.22. The van der Waals surface area contributed by atoms with E-state index in [9.17, 15) is 0 Å². The molecule has 156 valence electrons. The van der Waals surface area contributed by atoms with Crippen molar-refractivity contribution < 1.29 is 4.74 Å². The molecule has 3 aromatic rings. The monoisotopic (exact) mass is 413 g/mol. The molecule has 0 amide bonds. The third-order valence-electron chi connectivity index (χ3n) is 5.78. The highest BCUT2D eigenvalue weighted by Gasteiger charge is 2.28. The Kier molecular flexibility index (Phi) is 5.44. The Labute approximate surface area is 181 Å². The summed E-state index contributed by atoms with van der Waals surface area (Å²) in [7, 11) is 0. The fourth-order valence-corrected chi connectivity index (χ4v) is 3.85. The molecular formula is C23H23N7O. The smallest absolute Gasteiger partial charge is 0.230 e. The average Bonchev–Trinajstić information content (AvgIpc) is 2.79. The van der Waals surface area contributed by atoms with Crippen molar-refractivity contribution in [3.63, 3.8) is 0 Å². The minimum Gasteiger partial charge on any atom is -0.378 e. The number of aromatic nitrogens is 3. The highest BCUT2D eigenvalue weighted by atomic mass is 16.5. The maximum atomic E-state index is 8.95. The van der Waals surface area contributed by atoms with Crippen molar-refractivity contribution in [3.05, 3.63) is 60.4 Å². The molecule has 31 heavy (non-hydrogen) atoms. The lowest BCUT2D eigenvalue weighted by Gasteiger charge is -2.43. The Morgan fingerprint density at radius 1 is 0.935 bits per heavy atom. The fraction of sp³-hybridized carbons (Fsp3) is 0.304. The second-order valence-electron chi connectivity index (χ2n) is 7.71. The number of nitriles is 1. The van der Waals surface area contributed by atoms with E-state index < -0.39 is 0 Å². The summed E-state index contributed by atoms with van der Waals surface area (Å²) in [6.07, 6.45) is 1.49. The Morgan fingerprint density at radius 3 is 2.32 bits per heavy atom. The van der Waals surface area contributed by atoms with E-state index in [1.54, 1.807) is 12.1 Å². The van der Waals surface area contributed by atoms with Gasteiger partial charge in [-0.25, -0.2) is 9.97 Å². The zero-order valence-electron chi connectivity index (χ0n) is 17.1. The van der Waals surface area contributed by atoms with Crippen molar-refractivity contribution in [2.45, 2.75) is 6.04 Å². The molecule has 8 nitrogen and oxygen atoms in total. The van der Waals surface area contributed by atoms with Gasteiger partial charge in [0.1, 0.15) is 6.33 Å². The van der Waals surface area contributed by atoms with Crippen LogP contribution in [0.3, 0.4) is 0 Å². The molecule has 0 radical (unpaired) electrons. The largest absolute Gasteiger partial charge is 0.378 e. The van der Waals surface area contributed by atoms with Gasteiger partial charge >= 0.3 is 0 Å². The van der Waals surface area contributed by atoms with Gasteiger partial charge in [0, 0.05) is 43.1 Å². The van der Waals surface area contributed by atoms with E-state index in [1.807, 2.05) is 24.3 Å². The maximum Gasteiger partial charge on any atom is 0.230 e. The van der Waals surface area contributed by atoms with E-state index in [4.69, 9.17) is 10.00 Å². The maximum absolute atomic E-state index is 8.95. The second-order valence-corrected chi connectivity index (χ2v) is 7.71. The first-order valence-corrected chi connectivity index (χ1v) is 10.4. The summed E-state index contributed by atoms with van der Waals surface area (Å²) in [5.74, 6) is 1.05. The summed E-state index contributed by atoms with van der Waals surface area (Å²) in [6, 6.07) is 18.3. The lowest BCUT2D eigenvalue weighted by atomic mass is 10.1. The molecule has 0 aliphatic carbocycles. The van der Waals surface area contributed by atoms with E-state index in [0.717, 1.165) is 50.6 Å². The predicted octanol–water partition coefficient (Wildman–Crippen LogP) is 2.67. The first-order valence-electron chi connectivity index (χ1n) is 10.4. The Bertz CT molecular complexity index is 1070. The molecular weight excluding hydrogens is 390 g/mol. The summed E-state index contributed by atoms with van der Waals surface area (Å²) in [5.41, 5.74) is 3.59. The summed E-state index contributed by atoms with van der Waals surface area (Å²) >= 11 is 0. The van der Waals surface area contributed by atoms with Crippen LogP contribution < -0.4 is 10.2 Å². The molecule has 0 bridgehead atoms. The zero-order valence-corrected chi connectivity index (χ0v) is 17.1. The number of anilines is 3. The van der Waals surface area contributed by atoms with E-state index in [2.05, 4.69) is 48.3 Å². The van der Waals surface area contributed by atoms with Crippen molar-refractivity contribution in [2.24, 2.45) is 0 Å². The highest BCUT2D eigenvalue weighted by molar-refractivity contribution is 5.62. The molecule has 2 aliphatic rings. The summed E-state index contributed by atoms with van der Waals surface area (Å²) in [5, 5.41) is 12.2. The molecule has 0 spiro atoms. The van der Waals surface area contributed by atoms with Crippen molar-refractivity contribution >= 4 is 17.3 Å². The van der Waals surface area contributed by atoms with Gasteiger partial charge in [-0.2, -0.15) is 10.2 Å². The van der Waals surface area contributed by atoms with Crippen molar-refractivity contribution in [1.82, 2.24) is 19.9 Å². The van der Waals surface area contributed by atoms with Crippen LogP contribution in [0.25, 0.3) is 11.4 Å². The number of hydrogen-bond acceptors (Lipinski definition) is 8. The van der Waals surface area contributed by atoms with Gasteiger partial charge in [-0.3, -0.25) is 4.90 Å². The molecule has 2 fully saturated rings. The van der Waals surface area contributed by atoms with Crippen molar-refractivity contribution in [1.29, 1.82) is 5.26 Å². The molecule has 0 unspecified atom stereocenters. The van der Waals surface area contributed by atoms with Gasteiger partial charge in [0.05, 0.1) is 30.9 Å². The van der Waals surface area contributed by atoms with Crippen LogP contribution in [0.2, 0.25) is 0 Å². The van der Waals surface area contributed by atoms with Gasteiger partial charge in [0.2, 0.25) is 5.95 Å². The Hall–Kier alpha value is -3.54. The predicted molar refractivity (Wildman–Crippen MR) is 118 cm³/mol. The average molecular weight is 413 g/mol. The molecule has 3 heterocycles. The molecule has 0 atom stereocenters. The van der Waals surface area contributed by atoms with Crippen molar-refractivity contribution in [3.8, 4) is 17.5 Å². The minimum absolute atomic E-state index is 0.485. The van der Waals surface area contributed by atoms with E-state index in [1.165, 1.54) is 12.0 Å². The van der Waals surface area contributed by atoms with Crippen molar-refractivity contribution in [2.75, 3.05) is 49.6 Å². The standard InChI is InChI=1S/C23H23N7O/c24-13-17-1-3-18(4-2-17)22-25-16-26-23(28-22)27-19-5-7-20(8-6-19)29-9-11-30(12-10-29)21-14-31-15-21/h1-8,16,21H,9-12,14-15H2,(H,25,26,27,28). The van der Waals surface area contributed by atoms with Gasteiger partial charge in [0.25, 0.3) is 0 Å². The molecule has 2 saturated heterocycles. The molecule has 1 N–H and O–H groups in total. The number of benzene rings is 2. The third kappa shape index (κ3) is 4.33. The normalized spacial score (nSPS) is 17.1. The number of nitrogens with zero attached hydrogens (tertiary/aromatic N) is 6. The molecule has 5 rings (SSSR count). The number of hydrogen-bond donors (Lipinski definition) is 1. The van der Waals surface area contributed by atoms with Crippen LogP contribution in [0.15, 0.2) is 54.9 Å². The molecule has 0 saturated carbocycles. The first-order chi connectivity index (χ1) is 15.3. The van der Waals surface area contributed by atoms with Crippen LogP contribution in [0.4, 0.5) is 17.3 Å². The SMILES string of the molecule is N#Cc1ccc(-c2ncnc(Nc3ccc(N4CCN(C5COC5)CC4)cc3)n2)cc1. The van der Waals surface area contributed by atoms with Crippen LogP contribution in [0.5, 0.6) is 0 Å². The first kappa shape index (κ1) is 19.4. The summed E-state index contributed by atoms with van der Waals surface area (Å²) in [4.78, 5) is 17.9. The minimum atomic E-state index is 0.485. The molecule has 2 aliphatic heterocycles. The number of piperazine rings is 1. The zero-order chi connectivity index (χ0) is 21.0. The Morgan fingerprint density at radius 2 is 1.68 bits per heavy atom. The summed E-state index contributed by atoms with van der Waals surface area (Å²) < 4.78 is 5.32. The third-order valence-corrected chi connectivity index (χ3v) is 5.78. The van der Waals surface area contributed by atoms with Crippen LogP contribution >= 0.6 is 0 Å². The molecule has 1 aromatic heterocycles. The number of ether oxygens (including phenoxy) is 1. The van der Waals surface area contributed by atoms with Gasteiger partial charge < -0.3 is 15.0 Å². The van der Waals surface area contributed by atoms with Gasteiger partial charge in [-0.05, 0) is 48.5 Å². The topological polar surface area (TPSA) is 90.2 Å². The van der Waals surface area contributed by atoms with Gasteiger partial charge in [0.15, 0.2) is 5.82 Å². The quantitative estimate of drug-likeness (QED) is 0.683. The van der Waals surface area contributed by atoms with Crippen LogP contribution in [-0.2, 0) is 4.74 Å². The van der Waals surface area contributed by atoms with Gasteiger partial charge in [-0.15, -0.1) is 0 Å².